The van der Waals surface area contributed by atoms with Crippen molar-refractivity contribution in [2.75, 3.05) is 23.3 Å². The van der Waals surface area contributed by atoms with E-state index in [9.17, 15) is 0 Å². The topological polar surface area (TPSA) is 56.9 Å². The van der Waals surface area contributed by atoms with E-state index in [0.717, 1.165) is 37.3 Å². The van der Waals surface area contributed by atoms with Gasteiger partial charge in [-0.3, -0.25) is 4.68 Å². The molecule has 1 fully saturated rings. The van der Waals surface area contributed by atoms with Crippen LogP contribution in [0.3, 0.4) is 0 Å². The van der Waals surface area contributed by atoms with Crippen molar-refractivity contribution < 1.29 is 0 Å². The Labute approximate surface area is 135 Å². The van der Waals surface area contributed by atoms with Gasteiger partial charge in [0.15, 0.2) is 0 Å². The maximum Gasteiger partial charge on any atom is 0.101 e. The van der Waals surface area contributed by atoms with Crippen LogP contribution >= 0.6 is 11.6 Å². The zero-order valence-electron chi connectivity index (χ0n) is 12.5. The number of nitriles is 1. The lowest BCUT2D eigenvalue weighted by Gasteiger charge is -2.34. The van der Waals surface area contributed by atoms with Gasteiger partial charge >= 0.3 is 0 Å². The van der Waals surface area contributed by atoms with Gasteiger partial charge in [-0.25, -0.2) is 0 Å². The number of halogens is 1. The standard InChI is InChI=1S/C16H18ClN5/c1-21-11-15(9-19-21)22-6-2-3-14(10-22)20-13-5-4-12(8-18)16(17)7-13/h4-5,7,9,11,14,20H,2-3,6,10H2,1H3. The molecule has 1 aliphatic heterocycles. The number of nitrogens with zero attached hydrogens (tertiary/aromatic N) is 4. The van der Waals surface area contributed by atoms with E-state index in [-0.39, 0.29) is 0 Å². The van der Waals surface area contributed by atoms with Gasteiger partial charge in [-0.05, 0) is 31.0 Å². The fourth-order valence-electron chi connectivity index (χ4n) is 2.83. The van der Waals surface area contributed by atoms with Crippen molar-refractivity contribution in [1.29, 1.82) is 5.26 Å². The summed E-state index contributed by atoms with van der Waals surface area (Å²) < 4.78 is 1.83. The average molecular weight is 316 g/mol. The third-order valence-electron chi connectivity index (χ3n) is 3.94. The molecule has 22 heavy (non-hydrogen) atoms. The highest BCUT2D eigenvalue weighted by molar-refractivity contribution is 6.32. The summed E-state index contributed by atoms with van der Waals surface area (Å²) >= 11 is 6.09. The average Bonchev–Trinajstić information content (AvgIpc) is 2.94. The maximum atomic E-state index is 8.92. The molecule has 0 spiro atoms. The third kappa shape index (κ3) is 3.18. The van der Waals surface area contributed by atoms with Gasteiger partial charge in [0.1, 0.15) is 6.07 Å². The lowest BCUT2D eigenvalue weighted by Crippen LogP contribution is -2.42. The van der Waals surface area contributed by atoms with Crippen molar-refractivity contribution in [2.45, 2.75) is 18.9 Å². The molecule has 5 nitrogen and oxygen atoms in total. The van der Waals surface area contributed by atoms with Gasteiger partial charge in [0, 0.05) is 38.1 Å². The van der Waals surface area contributed by atoms with Crippen LogP contribution in [0, 0.1) is 11.3 Å². The van der Waals surface area contributed by atoms with Crippen LogP contribution in [0.25, 0.3) is 0 Å². The Balaban J connectivity index is 1.68. The van der Waals surface area contributed by atoms with E-state index in [1.807, 2.05) is 36.3 Å². The molecule has 1 aromatic heterocycles. The molecular formula is C16H18ClN5. The summed E-state index contributed by atoms with van der Waals surface area (Å²) in [5.74, 6) is 0. The fourth-order valence-corrected chi connectivity index (χ4v) is 3.06. The van der Waals surface area contributed by atoms with E-state index in [1.165, 1.54) is 0 Å². The summed E-state index contributed by atoms with van der Waals surface area (Å²) in [6.45, 7) is 1.99. The zero-order chi connectivity index (χ0) is 15.5. The molecule has 114 valence electrons. The largest absolute Gasteiger partial charge is 0.380 e. The number of anilines is 2. The van der Waals surface area contributed by atoms with E-state index in [4.69, 9.17) is 16.9 Å². The minimum atomic E-state index is 0.359. The Kier molecular flexibility index (Phi) is 4.21. The molecule has 0 bridgehead atoms. The minimum Gasteiger partial charge on any atom is -0.380 e. The Morgan fingerprint density at radius 2 is 2.32 bits per heavy atom. The molecule has 2 aromatic rings. The van der Waals surface area contributed by atoms with E-state index < -0.39 is 0 Å². The quantitative estimate of drug-likeness (QED) is 0.946. The van der Waals surface area contributed by atoms with Gasteiger partial charge in [0.25, 0.3) is 0 Å². The molecule has 2 heterocycles. The van der Waals surface area contributed by atoms with Crippen LogP contribution in [0.4, 0.5) is 11.4 Å². The van der Waals surface area contributed by atoms with Crippen LogP contribution < -0.4 is 10.2 Å². The molecule has 6 heteroatoms. The third-order valence-corrected chi connectivity index (χ3v) is 4.25. The van der Waals surface area contributed by atoms with Gasteiger partial charge in [0.2, 0.25) is 0 Å². The Morgan fingerprint density at radius 1 is 1.45 bits per heavy atom. The van der Waals surface area contributed by atoms with Crippen molar-refractivity contribution in [3.8, 4) is 6.07 Å². The number of nitrogens with one attached hydrogen (secondary N) is 1. The fraction of sp³-hybridized carbons (Fsp3) is 0.375. The predicted octanol–water partition coefficient (Wildman–Crippen LogP) is 3.03. The molecule has 1 saturated heterocycles. The Morgan fingerprint density at radius 3 is 3.00 bits per heavy atom. The number of aryl methyl sites for hydroxylation is 1. The molecule has 1 N–H and O–H groups in total. The second kappa shape index (κ2) is 6.29. The molecule has 0 aliphatic carbocycles. The summed E-state index contributed by atoms with van der Waals surface area (Å²) in [4.78, 5) is 2.35. The Bertz CT molecular complexity index is 703. The first kappa shape index (κ1) is 14.7. The highest BCUT2D eigenvalue weighted by atomic mass is 35.5. The number of hydrogen-bond donors (Lipinski definition) is 1. The molecule has 0 amide bonds. The van der Waals surface area contributed by atoms with Crippen molar-refractivity contribution in [3.05, 3.63) is 41.2 Å². The number of hydrogen-bond acceptors (Lipinski definition) is 4. The van der Waals surface area contributed by atoms with E-state index >= 15 is 0 Å². The number of aromatic nitrogens is 2. The maximum absolute atomic E-state index is 8.92. The van der Waals surface area contributed by atoms with Gasteiger partial charge in [-0.15, -0.1) is 0 Å². The first-order valence-corrected chi connectivity index (χ1v) is 7.73. The number of piperidine rings is 1. The van der Waals surface area contributed by atoms with Gasteiger partial charge in [0.05, 0.1) is 22.5 Å². The van der Waals surface area contributed by atoms with Crippen LogP contribution in [-0.4, -0.2) is 28.9 Å². The first-order chi connectivity index (χ1) is 10.7. The monoisotopic (exact) mass is 315 g/mol. The molecule has 1 atom stereocenters. The van der Waals surface area contributed by atoms with E-state index in [2.05, 4.69) is 21.4 Å². The zero-order valence-corrected chi connectivity index (χ0v) is 13.2. The molecule has 1 aliphatic rings. The van der Waals surface area contributed by atoms with Crippen LogP contribution in [0.15, 0.2) is 30.6 Å². The second-order valence-corrected chi connectivity index (χ2v) is 6.02. The highest BCUT2D eigenvalue weighted by Crippen LogP contribution is 2.24. The van der Waals surface area contributed by atoms with Crippen LogP contribution in [-0.2, 0) is 7.05 Å². The van der Waals surface area contributed by atoms with Crippen LogP contribution in [0.5, 0.6) is 0 Å². The summed E-state index contributed by atoms with van der Waals surface area (Å²) in [6.07, 6.45) is 6.20. The van der Waals surface area contributed by atoms with Crippen molar-refractivity contribution in [2.24, 2.45) is 7.05 Å². The lowest BCUT2D eigenvalue weighted by atomic mass is 10.0. The number of benzene rings is 1. The summed E-state index contributed by atoms with van der Waals surface area (Å²) in [5.41, 5.74) is 2.63. The molecular weight excluding hydrogens is 298 g/mol. The predicted molar refractivity (Wildman–Crippen MR) is 88.2 cm³/mol. The Hall–Kier alpha value is -2.19. The molecule has 0 saturated carbocycles. The molecule has 1 aromatic carbocycles. The van der Waals surface area contributed by atoms with Crippen molar-refractivity contribution in [1.82, 2.24) is 9.78 Å². The SMILES string of the molecule is Cn1cc(N2CCCC(Nc3ccc(C#N)c(Cl)c3)C2)cn1. The molecule has 1 unspecified atom stereocenters. The van der Waals surface area contributed by atoms with E-state index in [1.54, 1.807) is 6.07 Å². The smallest absolute Gasteiger partial charge is 0.101 e. The first-order valence-electron chi connectivity index (χ1n) is 7.35. The van der Waals surface area contributed by atoms with Crippen molar-refractivity contribution >= 4 is 23.0 Å². The lowest BCUT2D eigenvalue weighted by molar-refractivity contribution is 0.530. The second-order valence-electron chi connectivity index (χ2n) is 5.61. The number of rotatable bonds is 3. The van der Waals surface area contributed by atoms with Crippen LogP contribution in [0.2, 0.25) is 5.02 Å². The molecule has 3 rings (SSSR count). The summed E-state index contributed by atoms with van der Waals surface area (Å²) in [6, 6.07) is 7.93. The van der Waals surface area contributed by atoms with Gasteiger partial charge < -0.3 is 10.2 Å². The van der Waals surface area contributed by atoms with E-state index in [0.29, 0.717) is 16.6 Å². The molecule has 0 radical (unpaired) electrons. The summed E-state index contributed by atoms with van der Waals surface area (Å²) in [7, 11) is 1.93. The summed E-state index contributed by atoms with van der Waals surface area (Å²) in [5, 5.41) is 17.2. The van der Waals surface area contributed by atoms with Crippen molar-refractivity contribution in [3.63, 3.8) is 0 Å². The minimum absolute atomic E-state index is 0.359. The van der Waals surface area contributed by atoms with Gasteiger partial charge in [-0.2, -0.15) is 10.4 Å². The normalized spacial score (nSPS) is 18.0. The highest BCUT2D eigenvalue weighted by Gasteiger charge is 2.21. The van der Waals surface area contributed by atoms with Crippen LogP contribution in [0.1, 0.15) is 18.4 Å². The van der Waals surface area contributed by atoms with Gasteiger partial charge in [-0.1, -0.05) is 11.6 Å².